The van der Waals surface area contributed by atoms with E-state index < -0.39 is 0 Å². The Balaban J connectivity index is 1.56. The van der Waals surface area contributed by atoms with E-state index >= 15 is 0 Å². The lowest BCUT2D eigenvalue weighted by atomic mass is 10.1. The van der Waals surface area contributed by atoms with E-state index in [9.17, 15) is 0 Å². The molecule has 3 heterocycles. The van der Waals surface area contributed by atoms with Crippen LogP contribution in [-0.2, 0) is 7.05 Å². The number of nitrogens with zero attached hydrogens (tertiary/aromatic N) is 6. The molecule has 0 amide bonds. The van der Waals surface area contributed by atoms with Gasteiger partial charge >= 0.3 is 0 Å². The van der Waals surface area contributed by atoms with E-state index in [1.165, 1.54) is 11.3 Å². The fourth-order valence-electron chi connectivity index (χ4n) is 3.28. The molecule has 1 aliphatic heterocycles. The maximum absolute atomic E-state index is 6.16. The molecule has 0 spiro atoms. The van der Waals surface area contributed by atoms with Crippen LogP contribution in [-0.4, -0.2) is 45.9 Å². The van der Waals surface area contributed by atoms with Crippen molar-refractivity contribution in [2.45, 2.75) is 6.92 Å². The number of hydrogen-bond acceptors (Lipinski definition) is 5. The van der Waals surface area contributed by atoms with Crippen LogP contribution in [0, 0.1) is 6.92 Å². The molecule has 1 aromatic carbocycles. The molecular formula is C17H19ClN6. The molecule has 1 saturated heterocycles. The highest BCUT2D eigenvalue weighted by Crippen LogP contribution is 2.28. The summed E-state index contributed by atoms with van der Waals surface area (Å²) >= 11 is 6.16. The van der Waals surface area contributed by atoms with Crippen molar-refractivity contribution in [2.24, 2.45) is 7.05 Å². The van der Waals surface area contributed by atoms with Crippen molar-refractivity contribution in [2.75, 3.05) is 36.0 Å². The van der Waals surface area contributed by atoms with E-state index in [2.05, 4.69) is 43.9 Å². The topological polar surface area (TPSA) is 50.1 Å². The molecule has 0 radical (unpaired) electrons. The molecule has 7 heteroatoms. The largest absolute Gasteiger partial charge is 0.368 e. The van der Waals surface area contributed by atoms with Crippen molar-refractivity contribution in [3.8, 4) is 0 Å². The minimum atomic E-state index is 0.783. The van der Waals surface area contributed by atoms with Gasteiger partial charge in [0.05, 0.1) is 11.6 Å². The average molecular weight is 343 g/mol. The second-order valence-electron chi connectivity index (χ2n) is 6.11. The Bertz CT molecular complexity index is 882. The van der Waals surface area contributed by atoms with Crippen molar-refractivity contribution in [3.63, 3.8) is 0 Å². The number of aryl methyl sites for hydroxylation is 2. The highest BCUT2D eigenvalue weighted by Gasteiger charge is 2.22. The van der Waals surface area contributed by atoms with E-state index in [1.807, 2.05) is 19.3 Å². The second-order valence-corrected chi connectivity index (χ2v) is 6.54. The van der Waals surface area contributed by atoms with Crippen LogP contribution in [0.1, 0.15) is 5.56 Å². The molecule has 0 unspecified atom stereocenters. The Morgan fingerprint density at radius 1 is 1.04 bits per heavy atom. The molecule has 0 atom stereocenters. The van der Waals surface area contributed by atoms with Crippen LogP contribution in [0.15, 0.2) is 30.7 Å². The number of anilines is 2. The van der Waals surface area contributed by atoms with Crippen molar-refractivity contribution in [1.29, 1.82) is 0 Å². The van der Waals surface area contributed by atoms with Crippen molar-refractivity contribution >= 4 is 34.1 Å². The first-order valence-corrected chi connectivity index (χ1v) is 8.40. The number of aromatic nitrogens is 4. The molecule has 4 rings (SSSR count). The van der Waals surface area contributed by atoms with Crippen LogP contribution < -0.4 is 9.80 Å². The van der Waals surface area contributed by atoms with Gasteiger partial charge in [0.15, 0.2) is 5.65 Å². The van der Waals surface area contributed by atoms with Gasteiger partial charge in [0.25, 0.3) is 0 Å². The maximum Gasteiger partial charge on any atom is 0.163 e. The summed E-state index contributed by atoms with van der Waals surface area (Å²) in [5, 5.41) is 6.09. The zero-order chi connectivity index (χ0) is 16.7. The van der Waals surface area contributed by atoms with Crippen molar-refractivity contribution in [1.82, 2.24) is 19.7 Å². The molecule has 0 N–H and O–H groups in total. The number of piperazine rings is 1. The van der Waals surface area contributed by atoms with Crippen LogP contribution in [0.4, 0.5) is 11.5 Å². The van der Waals surface area contributed by atoms with E-state index in [0.29, 0.717) is 0 Å². The predicted molar refractivity (Wildman–Crippen MR) is 96.9 cm³/mol. The minimum absolute atomic E-state index is 0.783. The Labute approximate surface area is 145 Å². The Hall–Kier alpha value is -2.34. The first kappa shape index (κ1) is 15.2. The molecule has 6 nitrogen and oxygen atoms in total. The van der Waals surface area contributed by atoms with Crippen LogP contribution in [0.2, 0.25) is 5.02 Å². The third-order valence-electron chi connectivity index (χ3n) is 4.60. The van der Waals surface area contributed by atoms with Gasteiger partial charge in [0, 0.05) is 43.9 Å². The molecule has 0 saturated carbocycles. The van der Waals surface area contributed by atoms with E-state index in [4.69, 9.17) is 11.6 Å². The molecule has 24 heavy (non-hydrogen) atoms. The molecule has 0 aliphatic carbocycles. The average Bonchev–Trinajstić information content (AvgIpc) is 2.99. The van der Waals surface area contributed by atoms with Gasteiger partial charge in [-0.15, -0.1) is 0 Å². The number of fused-ring (bicyclic) bond motifs is 1. The molecule has 3 aromatic rings. The van der Waals surface area contributed by atoms with Crippen molar-refractivity contribution < 1.29 is 0 Å². The van der Waals surface area contributed by atoms with Crippen LogP contribution in [0.3, 0.4) is 0 Å². The lowest BCUT2D eigenvalue weighted by molar-refractivity contribution is 0.647. The number of halogens is 1. The Morgan fingerprint density at radius 2 is 1.79 bits per heavy atom. The molecule has 1 fully saturated rings. The van der Waals surface area contributed by atoms with Crippen LogP contribution in [0.25, 0.3) is 11.0 Å². The summed E-state index contributed by atoms with van der Waals surface area (Å²) in [5.74, 6) is 0.968. The highest BCUT2D eigenvalue weighted by atomic mass is 35.5. The first-order valence-electron chi connectivity index (χ1n) is 8.02. The number of hydrogen-bond donors (Lipinski definition) is 0. The van der Waals surface area contributed by atoms with Gasteiger partial charge in [-0.1, -0.05) is 17.7 Å². The van der Waals surface area contributed by atoms with Crippen molar-refractivity contribution in [3.05, 3.63) is 41.3 Å². The highest BCUT2D eigenvalue weighted by molar-refractivity contribution is 6.30. The van der Waals surface area contributed by atoms with Gasteiger partial charge < -0.3 is 9.80 Å². The van der Waals surface area contributed by atoms with Gasteiger partial charge in [0.1, 0.15) is 12.1 Å². The standard InChI is InChI=1S/C17H19ClN6/c1-12-3-4-13(18)9-15(12)23-5-7-24(8-6-23)17-14-10-21-22(2)16(14)19-11-20-17/h3-4,9-11H,5-8H2,1-2H3. The summed E-state index contributed by atoms with van der Waals surface area (Å²) < 4.78 is 1.78. The Morgan fingerprint density at radius 3 is 2.58 bits per heavy atom. The second kappa shape index (κ2) is 5.94. The van der Waals surface area contributed by atoms with E-state index in [-0.39, 0.29) is 0 Å². The van der Waals surface area contributed by atoms with Crippen LogP contribution >= 0.6 is 11.6 Å². The minimum Gasteiger partial charge on any atom is -0.368 e. The monoisotopic (exact) mass is 342 g/mol. The third kappa shape index (κ3) is 2.57. The third-order valence-corrected chi connectivity index (χ3v) is 4.83. The maximum atomic E-state index is 6.16. The quantitative estimate of drug-likeness (QED) is 0.716. The lowest BCUT2D eigenvalue weighted by Crippen LogP contribution is -2.47. The lowest BCUT2D eigenvalue weighted by Gasteiger charge is -2.37. The van der Waals surface area contributed by atoms with Gasteiger partial charge in [-0.25, -0.2) is 9.97 Å². The van der Waals surface area contributed by atoms with Gasteiger partial charge in [-0.3, -0.25) is 4.68 Å². The normalized spacial score (nSPS) is 15.3. The van der Waals surface area contributed by atoms with Gasteiger partial charge in [-0.05, 0) is 24.6 Å². The summed E-state index contributed by atoms with van der Waals surface area (Å²) in [7, 11) is 1.90. The number of rotatable bonds is 2. The van der Waals surface area contributed by atoms with Gasteiger partial charge in [-0.2, -0.15) is 5.10 Å². The molecule has 0 bridgehead atoms. The Kier molecular flexibility index (Phi) is 3.76. The summed E-state index contributed by atoms with van der Waals surface area (Å²) in [6.45, 7) is 5.82. The van der Waals surface area contributed by atoms with E-state index in [1.54, 1.807) is 11.0 Å². The summed E-state index contributed by atoms with van der Waals surface area (Å²) in [6.07, 6.45) is 3.46. The summed E-state index contributed by atoms with van der Waals surface area (Å²) in [5.41, 5.74) is 3.34. The fraction of sp³-hybridized carbons (Fsp3) is 0.353. The SMILES string of the molecule is Cc1ccc(Cl)cc1N1CCN(c2ncnc3c2cnn3C)CC1. The number of benzene rings is 1. The zero-order valence-electron chi connectivity index (χ0n) is 13.8. The smallest absolute Gasteiger partial charge is 0.163 e. The van der Waals surface area contributed by atoms with Crippen LogP contribution in [0.5, 0.6) is 0 Å². The summed E-state index contributed by atoms with van der Waals surface area (Å²) in [4.78, 5) is 13.5. The zero-order valence-corrected chi connectivity index (χ0v) is 14.5. The van der Waals surface area contributed by atoms with Gasteiger partial charge in [0.2, 0.25) is 0 Å². The van der Waals surface area contributed by atoms with E-state index in [0.717, 1.165) is 48.1 Å². The molecule has 1 aliphatic rings. The molecular weight excluding hydrogens is 324 g/mol. The molecule has 124 valence electrons. The predicted octanol–water partition coefficient (Wildman–Crippen LogP) is 2.65. The first-order chi connectivity index (χ1) is 11.6. The molecule has 2 aromatic heterocycles. The fourth-order valence-corrected chi connectivity index (χ4v) is 3.45. The summed E-state index contributed by atoms with van der Waals surface area (Å²) in [6, 6.07) is 6.07.